The van der Waals surface area contributed by atoms with E-state index in [9.17, 15) is 8.42 Å². The zero-order valence-corrected chi connectivity index (χ0v) is 12.4. The van der Waals surface area contributed by atoms with Gasteiger partial charge in [0.1, 0.15) is 10.7 Å². The molecule has 0 aliphatic heterocycles. The van der Waals surface area contributed by atoms with Gasteiger partial charge in [-0.1, -0.05) is 20.8 Å². The molecule has 0 aliphatic carbocycles. The lowest BCUT2D eigenvalue weighted by Crippen LogP contribution is -2.33. The van der Waals surface area contributed by atoms with Crippen molar-refractivity contribution in [3.63, 3.8) is 0 Å². The number of anilines is 1. The van der Waals surface area contributed by atoms with E-state index in [1.54, 1.807) is 6.07 Å². The monoisotopic (exact) mass is 286 g/mol. The Hall–Kier alpha value is -1.18. The number of pyridine rings is 1. The molecule has 1 atom stereocenters. The highest BCUT2D eigenvalue weighted by molar-refractivity contribution is 7.89. The number of rotatable bonds is 5. The predicted molar refractivity (Wildman–Crippen MR) is 76.1 cm³/mol. The lowest BCUT2D eigenvalue weighted by atomic mass is 9.88. The van der Waals surface area contributed by atoms with Crippen LogP contribution in [-0.2, 0) is 10.0 Å². The minimum absolute atomic E-state index is 0.00274. The molecule has 1 unspecified atom stereocenters. The fraction of sp³-hybridized carbons (Fsp3) is 0.583. The first-order chi connectivity index (χ1) is 8.58. The van der Waals surface area contributed by atoms with E-state index in [1.807, 2.05) is 0 Å². The summed E-state index contributed by atoms with van der Waals surface area (Å²) >= 11 is 0. The number of nitrogens with one attached hydrogen (secondary N) is 1. The molecule has 108 valence electrons. The van der Waals surface area contributed by atoms with Crippen LogP contribution < -0.4 is 16.2 Å². The van der Waals surface area contributed by atoms with Crippen molar-refractivity contribution in [1.29, 1.82) is 0 Å². The summed E-state index contributed by atoms with van der Waals surface area (Å²) in [5, 5.41) is 8.06. The molecule has 0 aromatic carbocycles. The molecule has 1 aromatic rings. The Bertz CT molecular complexity index is 506. The van der Waals surface area contributed by atoms with Gasteiger partial charge in [0.05, 0.1) is 0 Å². The van der Waals surface area contributed by atoms with Crippen molar-refractivity contribution in [1.82, 2.24) is 4.98 Å². The van der Waals surface area contributed by atoms with Crippen LogP contribution in [0.2, 0.25) is 0 Å². The number of aromatic nitrogens is 1. The highest BCUT2D eigenvalue weighted by Gasteiger charge is 2.15. The van der Waals surface area contributed by atoms with Gasteiger partial charge in [0, 0.05) is 18.8 Å². The Morgan fingerprint density at radius 1 is 1.37 bits per heavy atom. The third-order valence-corrected chi connectivity index (χ3v) is 3.38. The first-order valence-electron chi connectivity index (χ1n) is 6.06. The fourth-order valence-corrected chi connectivity index (χ4v) is 2.20. The number of nitrogens with two attached hydrogens (primary N) is 2. The summed E-state index contributed by atoms with van der Waals surface area (Å²) in [6.45, 7) is 6.98. The standard InChI is InChI=1S/C12H22N4O2S/c1-12(2,3)6-9(13)7-15-11-5-4-10(8-16-11)19(14,17)18/h4-5,8-9H,6-7,13H2,1-3H3,(H,15,16)(H2,14,17,18). The number of primary sulfonamides is 1. The lowest BCUT2D eigenvalue weighted by Gasteiger charge is -2.23. The zero-order chi connectivity index (χ0) is 14.7. The molecule has 0 amide bonds. The van der Waals surface area contributed by atoms with Gasteiger partial charge in [-0.15, -0.1) is 0 Å². The van der Waals surface area contributed by atoms with Crippen molar-refractivity contribution < 1.29 is 8.42 Å². The summed E-state index contributed by atoms with van der Waals surface area (Å²) in [7, 11) is -3.69. The van der Waals surface area contributed by atoms with Gasteiger partial charge in [0.25, 0.3) is 0 Å². The summed E-state index contributed by atoms with van der Waals surface area (Å²) in [5.74, 6) is 0.580. The molecule has 0 fully saturated rings. The van der Waals surface area contributed by atoms with Gasteiger partial charge in [0.2, 0.25) is 10.0 Å². The zero-order valence-electron chi connectivity index (χ0n) is 11.6. The van der Waals surface area contributed by atoms with Gasteiger partial charge in [-0.25, -0.2) is 18.5 Å². The molecule has 7 heteroatoms. The van der Waals surface area contributed by atoms with Crippen molar-refractivity contribution in [3.8, 4) is 0 Å². The van der Waals surface area contributed by atoms with Crippen molar-refractivity contribution >= 4 is 15.8 Å². The predicted octanol–water partition coefficient (Wildman–Crippen LogP) is 0.904. The molecule has 19 heavy (non-hydrogen) atoms. The van der Waals surface area contributed by atoms with E-state index < -0.39 is 10.0 Å². The summed E-state index contributed by atoms with van der Waals surface area (Å²) in [6, 6.07) is 3.00. The minimum atomic E-state index is -3.69. The third kappa shape index (κ3) is 6.00. The number of nitrogens with zero attached hydrogens (tertiary/aromatic N) is 1. The first kappa shape index (κ1) is 15.9. The Morgan fingerprint density at radius 3 is 2.42 bits per heavy atom. The van der Waals surface area contributed by atoms with Crippen molar-refractivity contribution in [2.75, 3.05) is 11.9 Å². The lowest BCUT2D eigenvalue weighted by molar-refractivity contribution is 0.344. The molecule has 0 spiro atoms. The quantitative estimate of drug-likeness (QED) is 0.745. The molecule has 1 rings (SSSR count). The molecule has 0 bridgehead atoms. The van der Waals surface area contributed by atoms with E-state index in [1.165, 1.54) is 12.3 Å². The Morgan fingerprint density at radius 2 is 2.00 bits per heavy atom. The highest BCUT2D eigenvalue weighted by atomic mass is 32.2. The Kier molecular flexibility index (Phi) is 4.89. The average molecular weight is 286 g/mol. The summed E-state index contributed by atoms with van der Waals surface area (Å²) in [4.78, 5) is 3.99. The van der Waals surface area contributed by atoms with Gasteiger partial charge in [-0.05, 0) is 24.0 Å². The Labute approximate surface area is 114 Å². The highest BCUT2D eigenvalue weighted by Crippen LogP contribution is 2.20. The van der Waals surface area contributed by atoms with Crippen LogP contribution in [0, 0.1) is 5.41 Å². The fourth-order valence-electron chi connectivity index (χ4n) is 1.75. The van der Waals surface area contributed by atoms with Crippen LogP contribution in [0.25, 0.3) is 0 Å². The van der Waals surface area contributed by atoms with E-state index >= 15 is 0 Å². The van der Waals surface area contributed by atoms with Crippen LogP contribution in [0.5, 0.6) is 0 Å². The molecule has 0 aliphatic rings. The molecule has 0 saturated carbocycles. The second-order valence-corrected chi connectivity index (χ2v) is 7.39. The van der Waals surface area contributed by atoms with Gasteiger partial charge < -0.3 is 11.1 Å². The van der Waals surface area contributed by atoms with Crippen LogP contribution in [0.1, 0.15) is 27.2 Å². The van der Waals surface area contributed by atoms with Crippen LogP contribution in [0.3, 0.4) is 0 Å². The molecule has 0 radical (unpaired) electrons. The van der Waals surface area contributed by atoms with Crippen LogP contribution >= 0.6 is 0 Å². The maximum Gasteiger partial charge on any atom is 0.239 e. The maximum atomic E-state index is 11.1. The van der Waals surface area contributed by atoms with Gasteiger partial charge in [0.15, 0.2) is 0 Å². The smallest absolute Gasteiger partial charge is 0.239 e. The number of hydrogen-bond acceptors (Lipinski definition) is 5. The second kappa shape index (κ2) is 5.85. The maximum absolute atomic E-state index is 11.1. The molecule has 1 heterocycles. The van der Waals surface area contributed by atoms with E-state index in [-0.39, 0.29) is 16.4 Å². The van der Waals surface area contributed by atoms with E-state index in [0.29, 0.717) is 12.4 Å². The van der Waals surface area contributed by atoms with E-state index in [4.69, 9.17) is 10.9 Å². The SMILES string of the molecule is CC(C)(C)CC(N)CNc1ccc(S(N)(=O)=O)cn1. The summed E-state index contributed by atoms with van der Waals surface area (Å²) in [6.07, 6.45) is 2.11. The molecular formula is C12H22N4O2S. The van der Waals surface area contributed by atoms with Crippen LogP contribution in [0.4, 0.5) is 5.82 Å². The van der Waals surface area contributed by atoms with Crippen molar-refractivity contribution in [2.45, 2.75) is 38.1 Å². The normalized spacial score (nSPS) is 14.2. The van der Waals surface area contributed by atoms with Crippen molar-refractivity contribution in [2.24, 2.45) is 16.3 Å². The van der Waals surface area contributed by atoms with Crippen molar-refractivity contribution in [3.05, 3.63) is 18.3 Å². The molecular weight excluding hydrogens is 264 g/mol. The number of hydrogen-bond donors (Lipinski definition) is 3. The second-order valence-electron chi connectivity index (χ2n) is 5.83. The third-order valence-electron chi connectivity index (χ3n) is 2.48. The van der Waals surface area contributed by atoms with E-state index in [2.05, 4.69) is 31.1 Å². The minimum Gasteiger partial charge on any atom is -0.369 e. The van der Waals surface area contributed by atoms with E-state index in [0.717, 1.165) is 6.42 Å². The summed E-state index contributed by atoms with van der Waals surface area (Å²) < 4.78 is 22.1. The topological polar surface area (TPSA) is 111 Å². The van der Waals surface area contributed by atoms with Crippen LogP contribution in [-0.4, -0.2) is 26.0 Å². The molecule has 0 saturated heterocycles. The number of sulfonamides is 1. The Balaban J connectivity index is 2.55. The molecule has 5 N–H and O–H groups in total. The van der Waals surface area contributed by atoms with Gasteiger partial charge in [-0.2, -0.15) is 0 Å². The first-order valence-corrected chi connectivity index (χ1v) is 7.61. The van der Waals surface area contributed by atoms with Crippen LogP contribution in [0.15, 0.2) is 23.2 Å². The molecule has 6 nitrogen and oxygen atoms in total. The largest absolute Gasteiger partial charge is 0.369 e. The molecule has 1 aromatic heterocycles. The summed E-state index contributed by atoms with van der Waals surface area (Å²) in [5.41, 5.74) is 6.17. The van der Waals surface area contributed by atoms with Gasteiger partial charge >= 0.3 is 0 Å². The van der Waals surface area contributed by atoms with Gasteiger partial charge in [-0.3, -0.25) is 0 Å². The average Bonchev–Trinajstić information content (AvgIpc) is 2.23.